The Bertz CT molecular complexity index is 510. The summed E-state index contributed by atoms with van der Waals surface area (Å²) in [5.74, 6) is 3.24. The van der Waals surface area contributed by atoms with Crippen molar-refractivity contribution in [1.29, 1.82) is 0 Å². The van der Waals surface area contributed by atoms with Gasteiger partial charge in [-0.25, -0.2) is 0 Å². The van der Waals surface area contributed by atoms with Crippen molar-refractivity contribution in [3.63, 3.8) is 0 Å². The lowest BCUT2D eigenvalue weighted by atomic mass is 10.1. The van der Waals surface area contributed by atoms with E-state index >= 15 is 0 Å². The second-order valence-corrected chi connectivity index (χ2v) is 5.49. The van der Waals surface area contributed by atoms with Crippen LogP contribution in [-0.4, -0.2) is 10.5 Å². The fraction of sp³-hybridized carbons (Fsp3) is 0.200. The van der Waals surface area contributed by atoms with Gasteiger partial charge in [0.05, 0.1) is 3.92 Å². The lowest BCUT2D eigenvalue weighted by Gasteiger charge is -2.22. The summed E-state index contributed by atoms with van der Waals surface area (Å²) in [6.45, 7) is 4.32. The van der Waals surface area contributed by atoms with Crippen LogP contribution in [0, 0.1) is 12.3 Å². The van der Waals surface area contributed by atoms with Crippen molar-refractivity contribution in [2.75, 3.05) is 6.61 Å². The number of nitrogens with one attached hydrogen (secondary N) is 1. The molecule has 0 radical (unpaired) electrons. The standard InChI is InChI=1S/C15H14INO/c1-3-10-18-13-6-4-12(5-7-13)15-9-8-14(16)11(2)17-15/h1,4-7,9,14,17H,2,8,10H2. The number of rotatable bonds is 3. The third-order valence-electron chi connectivity index (χ3n) is 2.69. The van der Waals surface area contributed by atoms with E-state index in [-0.39, 0.29) is 0 Å². The quantitative estimate of drug-likeness (QED) is 0.512. The number of alkyl halides is 1. The fourth-order valence-electron chi connectivity index (χ4n) is 1.71. The average molecular weight is 351 g/mol. The largest absolute Gasteiger partial charge is 0.481 e. The molecule has 1 atom stereocenters. The fourth-order valence-corrected chi connectivity index (χ4v) is 2.12. The zero-order chi connectivity index (χ0) is 13.0. The van der Waals surface area contributed by atoms with Gasteiger partial charge in [-0.3, -0.25) is 0 Å². The third-order valence-corrected chi connectivity index (χ3v) is 3.95. The van der Waals surface area contributed by atoms with Gasteiger partial charge in [-0.05, 0) is 36.2 Å². The van der Waals surface area contributed by atoms with Gasteiger partial charge >= 0.3 is 0 Å². The number of terminal acetylenes is 1. The predicted octanol–water partition coefficient (Wildman–Crippen LogP) is 3.35. The highest BCUT2D eigenvalue weighted by Crippen LogP contribution is 2.26. The second kappa shape index (κ2) is 5.96. The van der Waals surface area contributed by atoms with Gasteiger partial charge in [0, 0.05) is 11.4 Å². The molecule has 0 fully saturated rings. The zero-order valence-corrected chi connectivity index (χ0v) is 12.1. The molecule has 1 aliphatic rings. The van der Waals surface area contributed by atoms with Gasteiger partial charge in [0.2, 0.25) is 0 Å². The Morgan fingerprint density at radius 3 is 2.78 bits per heavy atom. The summed E-state index contributed by atoms with van der Waals surface area (Å²) in [5.41, 5.74) is 3.30. The summed E-state index contributed by atoms with van der Waals surface area (Å²) in [7, 11) is 0. The van der Waals surface area contributed by atoms with Gasteiger partial charge < -0.3 is 10.1 Å². The Labute approximate surface area is 121 Å². The van der Waals surface area contributed by atoms with Crippen molar-refractivity contribution in [3.05, 3.63) is 48.2 Å². The molecule has 1 aromatic rings. The molecular weight excluding hydrogens is 337 g/mol. The zero-order valence-electron chi connectivity index (χ0n) is 9.95. The van der Waals surface area contributed by atoms with Crippen LogP contribution >= 0.6 is 22.6 Å². The van der Waals surface area contributed by atoms with Gasteiger partial charge in [0.1, 0.15) is 12.4 Å². The van der Waals surface area contributed by atoms with Crippen molar-refractivity contribution in [2.24, 2.45) is 0 Å². The van der Waals surface area contributed by atoms with Crippen molar-refractivity contribution in [3.8, 4) is 18.1 Å². The maximum atomic E-state index is 5.34. The molecule has 92 valence electrons. The van der Waals surface area contributed by atoms with E-state index in [0.717, 1.165) is 29.1 Å². The van der Waals surface area contributed by atoms with E-state index in [1.54, 1.807) is 0 Å². The van der Waals surface area contributed by atoms with Gasteiger partial charge in [0.15, 0.2) is 0 Å². The molecule has 2 nitrogen and oxygen atoms in total. The van der Waals surface area contributed by atoms with Gasteiger partial charge in [-0.15, -0.1) is 6.42 Å². The molecule has 0 saturated carbocycles. The van der Waals surface area contributed by atoms with Crippen molar-refractivity contribution in [2.45, 2.75) is 10.3 Å². The summed E-state index contributed by atoms with van der Waals surface area (Å²) in [5, 5.41) is 3.33. The molecule has 0 bridgehead atoms. The van der Waals surface area contributed by atoms with Crippen molar-refractivity contribution < 1.29 is 4.74 Å². The van der Waals surface area contributed by atoms with E-state index in [1.165, 1.54) is 0 Å². The predicted molar refractivity (Wildman–Crippen MR) is 83.4 cm³/mol. The van der Waals surface area contributed by atoms with Crippen LogP contribution in [0.3, 0.4) is 0 Å². The van der Waals surface area contributed by atoms with Crippen molar-refractivity contribution >= 4 is 28.3 Å². The summed E-state index contributed by atoms with van der Waals surface area (Å²) in [4.78, 5) is 0. The van der Waals surface area contributed by atoms with Crippen LogP contribution in [0.25, 0.3) is 5.70 Å². The lowest BCUT2D eigenvalue weighted by molar-refractivity contribution is 0.370. The number of hydrogen-bond acceptors (Lipinski definition) is 2. The molecule has 0 spiro atoms. The SMILES string of the molecule is C#CCOc1ccc(C2=CCC(I)C(=C)N2)cc1. The van der Waals surface area contributed by atoms with Gasteiger partial charge in [-0.2, -0.15) is 0 Å². The molecule has 0 amide bonds. The van der Waals surface area contributed by atoms with Crippen LogP contribution in [0.4, 0.5) is 0 Å². The Balaban J connectivity index is 2.11. The molecule has 1 aliphatic heterocycles. The topological polar surface area (TPSA) is 21.3 Å². The van der Waals surface area contributed by atoms with E-state index in [9.17, 15) is 0 Å². The molecule has 3 heteroatoms. The molecule has 1 unspecified atom stereocenters. The molecule has 0 aliphatic carbocycles. The van der Waals surface area contributed by atoms with Crippen LogP contribution in [0.15, 0.2) is 42.6 Å². The Morgan fingerprint density at radius 1 is 1.44 bits per heavy atom. The van der Waals surface area contributed by atoms with E-state index in [2.05, 4.69) is 46.5 Å². The smallest absolute Gasteiger partial charge is 0.148 e. The maximum absolute atomic E-state index is 5.34. The first-order chi connectivity index (χ1) is 8.70. The molecule has 1 heterocycles. The van der Waals surface area contributed by atoms with Gasteiger partial charge in [0.25, 0.3) is 0 Å². The summed E-state index contributed by atoms with van der Waals surface area (Å²) in [6, 6.07) is 7.89. The average Bonchev–Trinajstić information content (AvgIpc) is 2.40. The number of allylic oxidation sites excluding steroid dienone is 2. The highest BCUT2D eigenvalue weighted by atomic mass is 127. The molecule has 18 heavy (non-hydrogen) atoms. The number of halogens is 1. The second-order valence-electron chi connectivity index (χ2n) is 3.99. The normalized spacial score (nSPS) is 18.6. The number of ether oxygens (including phenoxy) is 1. The van der Waals surface area contributed by atoms with Crippen LogP contribution in [-0.2, 0) is 0 Å². The highest BCUT2D eigenvalue weighted by Gasteiger charge is 2.15. The molecule has 1 aromatic carbocycles. The minimum atomic E-state index is 0.299. The molecule has 1 N–H and O–H groups in total. The first kappa shape index (κ1) is 13.0. The van der Waals surface area contributed by atoms with Crippen LogP contribution in [0.1, 0.15) is 12.0 Å². The monoisotopic (exact) mass is 351 g/mol. The maximum Gasteiger partial charge on any atom is 0.148 e. The van der Waals surface area contributed by atoms with E-state index in [1.807, 2.05) is 24.3 Å². The minimum Gasteiger partial charge on any atom is -0.481 e. The van der Waals surface area contributed by atoms with Crippen LogP contribution < -0.4 is 10.1 Å². The van der Waals surface area contributed by atoms with Gasteiger partial charge in [-0.1, -0.05) is 41.2 Å². The molecule has 0 saturated heterocycles. The van der Waals surface area contributed by atoms with Crippen LogP contribution in [0.2, 0.25) is 0 Å². The third kappa shape index (κ3) is 3.08. The number of hydrogen-bond donors (Lipinski definition) is 1. The van der Waals surface area contributed by atoms with Crippen LogP contribution in [0.5, 0.6) is 5.75 Å². The molecule has 2 rings (SSSR count). The highest BCUT2D eigenvalue weighted by molar-refractivity contribution is 14.1. The Morgan fingerprint density at radius 2 is 2.17 bits per heavy atom. The summed E-state index contributed by atoms with van der Waals surface area (Å²) >= 11 is 2.39. The van der Waals surface area contributed by atoms with Crippen molar-refractivity contribution in [1.82, 2.24) is 5.32 Å². The molecule has 0 aromatic heterocycles. The summed E-state index contributed by atoms with van der Waals surface area (Å²) < 4.78 is 5.80. The first-order valence-corrected chi connectivity index (χ1v) is 6.92. The Kier molecular flexibility index (Phi) is 4.32. The minimum absolute atomic E-state index is 0.299. The first-order valence-electron chi connectivity index (χ1n) is 5.67. The summed E-state index contributed by atoms with van der Waals surface area (Å²) in [6.07, 6.45) is 8.36. The lowest BCUT2D eigenvalue weighted by Crippen LogP contribution is -2.22. The van der Waals surface area contributed by atoms with E-state index in [0.29, 0.717) is 10.5 Å². The molecular formula is C15H14INO. The van der Waals surface area contributed by atoms with E-state index in [4.69, 9.17) is 11.2 Å². The Hall–Kier alpha value is -1.41. The van der Waals surface area contributed by atoms with E-state index < -0.39 is 0 Å². The number of benzene rings is 1.